The van der Waals surface area contributed by atoms with E-state index in [4.69, 9.17) is 9.47 Å². The molecule has 4 heterocycles. The first-order valence-corrected chi connectivity index (χ1v) is 17.8. The van der Waals surface area contributed by atoms with E-state index in [1.54, 1.807) is 30.3 Å². The van der Waals surface area contributed by atoms with Crippen LogP contribution in [0, 0.1) is 23.6 Å². The second-order valence-corrected chi connectivity index (χ2v) is 13.1. The number of ether oxygens (including phenoxy) is 2. The number of nitrogens with one attached hydrogen (secondary N) is 5. The number of imidazole rings is 2. The van der Waals surface area contributed by atoms with E-state index in [9.17, 15) is 14.4 Å². The summed E-state index contributed by atoms with van der Waals surface area (Å²) in [5.41, 5.74) is 3.87. The summed E-state index contributed by atoms with van der Waals surface area (Å²) in [5, 5.41) is 8.47. The molecule has 274 valence electrons. The van der Waals surface area contributed by atoms with Gasteiger partial charge in [-0.25, -0.2) is 19.2 Å². The van der Waals surface area contributed by atoms with Crippen molar-refractivity contribution in [2.24, 2.45) is 5.92 Å². The summed E-state index contributed by atoms with van der Waals surface area (Å²) in [7, 11) is 3.02. The molecule has 0 aliphatic carbocycles. The van der Waals surface area contributed by atoms with Crippen molar-refractivity contribution in [3.8, 4) is 23.1 Å². The molecule has 14 heteroatoms. The highest BCUT2D eigenvalue weighted by molar-refractivity contribution is 5.86. The molecule has 4 aromatic rings. The molecule has 2 unspecified atom stereocenters. The molecule has 6 rings (SSSR count). The quantitative estimate of drug-likeness (QED) is 0.109. The fraction of sp³-hybridized carbons (Fsp3) is 0.447. The van der Waals surface area contributed by atoms with Crippen LogP contribution in [0.25, 0.3) is 22.3 Å². The Balaban J connectivity index is 1.09. The summed E-state index contributed by atoms with van der Waals surface area (Å²) in [6.45, 7) is 2.53. The third-order valence-electron chi connectivity index (χ3n) is 9.55. The first kappa shape index (κ1) is 36.5. The predicted octanol–water partition coefficient (Wildman–Crippen LogP) is 3.96. The molecule has 13 nitrogen and oxygen atoms in total. The molecular weight excluding hydrogens is 667 g/mol. The zero-order valence-electron chi connectivity index (χ0n) is 29.5. The highest BCUT2D eigenvalue weighted by Gasteiger charge is 2.40. The minimum absolute atomic E-state index is 0.0133. The largest absolute Gasteiger partial charge is 0.453 e. The van der Waals surface area contributed by atoms with Crippen molar-refractivity contribution in [2.45, 2.75) is 57.0 Å². The maximum absolute atomic E-state index is 15.5. The summed E-state index contributed by atoms with van der Waals surface area (Å²) in [4.78, 5) is 55.2. The van der Waals surface area contributed by atoms with Crippen molar-refractivity contribution in [3.05, 3.63) is 71.2 Å². The zero-order valence-corrected chi connectivity index (χ0v) is 29.5. The van der Waals surface area contributed by atoms with Gasteiger partial charge in [-0.05, 0) is 87.9 Å². The van der Waals surface area contributed by atoms with Crippen molar-refractivity contribution in [3.63, 3.8) is 0 Å². The average Bonchev–Trinajstić information content (AvgIpc) is 3.93. The number of alkyl carbamates (subject to hydrolysis) is 1. The number of methoxy groups -OCH3 is 1. The van der Waals surface area contributed by atoms with Gasteiger partial charge in [0, 0.05) is 49.4 Å². The van der Waals surface area contributed by atoms with Gasteiger partial charge in [-0.1, -0.05) is 11.8 Å². The molecule has 0 radical (unpaired) electrons. The average molecular weight is 713 g/mol. The number of nitrogens with zero attached hydrogens (tertiary/aromatic N) is 3. The standard InChI is InChI=1S/C38H45FN8O5/c1-40-23-34(48)41-16-4-3-7-33-43-29-13-11-25(21-30(29)44-33)9-8-24-10-12-27(28(39)20-24)31-22-42-36(45-31)32-6-5-17-47(32)37(49)35(46-38(50)51-2)26-14-18-52-19-15-26/h10-13,20-22,26,32,35,40H,3-7,14-19,23H2,1-2H3,(H,41,48)(H,42,45)(H,43,44)(H,46,50). The van der Waals surface area contributed by atoms with E-state index in [0.717, 1.165) is 48.1 Å². The highest BCUT2D eigenvalue weighted by atomic mass is 19.1. The number of aromatic nitrogens is 4. The number of halogens is 1. The molecule has 2 aliphatic rings. The lowest BCUT2D eigenvalue weighted by atomic mass is 9.90. The van der Waals surface area contributed by atoms with Gasteiger partial charge in [-0.3, -0.25) is 9.59 Å². The number of hydrogen-bond acceptors (Lipinski definition) is 8. The number of unbranched alkanes of at least 4 members (excludes halogenated alkanes) is 1. The third kappa shape index (κ3) is 8.96. The van der Waals surface area contributed by atoms with E-state index < -0.39 is 18.0 Å². The fourth-order valence-electron chi connectivity index (χ4n) is 6.84. The Morgan fingerprint density at radius 2 is 1.87 bits per heavy atom. The Morgan fingerprint density at radius 1 is 1.08 bits per heavy atom. The normalized spacial score (nSPS) is 16.7. The molecule has 3 amide bonds. The Bertz CT molecular complexity index is 1940. The molecule has 2 aliphatic heterocycles. The number of carbonyl (C=O) groups excluding carboxylic acids is 3. The Labute approximate surface area is 301 Å². The maximum Gasteiger partial charge on any atom is 0.407 e. The van der Waals surface area contributed by atoms with Gasteiger partial charge in [-0.2, -0.15) is 0 Å². The number of rotatable bonds is 12. The number of fused-ring (bicyclic) bond motifs is 1. The molecule has 0 spiro atoms. The third-order valence-corrected chi connectivity index (χ3v) is 9.55. The maximum atomic E-state index is 15.5. The van der Waals surface area contributed by atoms with Crippen LogP contribution in [0.15, 0.2) is 42.6 Å². The molecule has 2 saturated heterocycles. The number of hydrogen-bond donors (Lipinski definition) is 5. The lowest BCUT2D eigenvalue weighted by Gasteiger charge is -2.34. The van der Waals surface area contributed by atoms with E-state index in [1.165, 1.54) is 13.2 Å². The fourth-order valence-corrected chi connectivity index (χ4v) is 6.84. The number of aromatic amines is 2. The number of amides is 3. The second kappa shape index (κ2) is 17.3. The van der Waals surface area contributed by atoms with Crippen LogP contribution in [0.3, 0.4) is 0 Å². The molecule has 0 saturated carbocycles. The van der Waals surface area contributed by atoms with Gasteiger partial charge in [0.25, 0.3) is 0 Å². The summed E-state index contributed by atoms with van der Waals surface area (Å²) >= 11 is 0. The molecular formula is C38H45FN8O5. The molecule has 2 aromatic carbocycles. The van der Waals surface area contributed by atoms with E-state index >= 15 is 4.39 Å². The number of carbonyl (C=O) groups is 3. The van der Waals surface area contributed by atoms with Crippen molar-refractivity contribution in [1.29, 1.82) is 0 Å². The minimum atomic E-state index is -0.734. The molecule has 2 aromatic heterocycles. The summed E-state index contributed by atoms with van der Waals surface area (Å²) in [5.74, 6) is 6.93. The number of benzene rings is 2. The first-order chi connectivity index (χ1) is 25.3. The number of aryl methyl sites for hydroxylation is 1. The van der Waals surface area contributed by atoms with Crippen molar-refractivity contribution < 1.29 is 28.2 Å². The van der Waals surface area contributed by atoms with Gasteiger partial charge in [0.2, 0.25) is 11.8 Å². The van der Waals surface area contributed by atoms with E-state index in [2.05, 4.69) is 47.7 Å². The van der Waals surface area contributed by atoms with Crippen molar-refractivity contribution >= 4 is 28.9 Å². The first-order valence-electron chi connectivity index (χ1n) is 17.8. The van der Waals surface area contributed by atoms with Crippen LogP contribution in [0.1, 0.15) is 67.3 Å². The molecule has 5 N–H and O–H groups in total. The highest BCUT2D eigenvalue weighted by Crippen LogP contribution is 2.34. The van der Waals surface area contributed by atoms with Gasteiger partial charge in [0.15, 0.2) is 0 Å². The van der Waals surface area contributed by atoms with Crippen LogP contribution in [0.4, 0.5) is 9.18 Å². The Hall–Kier alpha value is -5.26. The van der Waals surface area contributed by atoms with Crippen LogP contribution < -0.4 is 16.0 Å². The summed E-state index contributed by atoms with van der Waals surface area (Å²) < 4.78 is 25.8. The van der Waals surface area contributed by atoms with Gasteiger partial charge in [0.1, 0.15) is 23.5 Å². The van der Waals surface area contributed by atoms with E-state index in [-0.39, 0.29) is 23.8 Å². The predicted molar refractivity (Wildman–Crippen MR) is 192 cm³/mol. The lowest BCUT2D eigenvalue weighted by Crippen LogP contribution is -2.53. The van der Waals surface area contributed by atoms with Crippen LogP contribution in [-0.2, 0) is 25.5 Å². The van der Waals surface area contributed by atoms with Gasteiger partial charge in [-0.15, -0.1) is 0 Å². The molecule has 2 atom stereocenters. The lowest BCUT2D eigenvalue weighted by molar-refractivity contribution is -0.136. The van der Waals surface area contributed by atoms with Gasteiger partial charge in [0.05, 0.1) is 42.6 Å². The minimum Gasteiger partial charge on any atom is -0.453 e. The topological polar surface area (TPSA) is 166 Å². The second-order valence-electron chi connectivity index (χ2n) is 13.1. The van der Waals surface area contributed by atoms with Crippen molar-refractivity contribution in [1.82, 2.24) is 40.8 Å². The Kier molecular flexibility index (Phi) is 12.2. The summed E-state index contributed by atoms with van der Waals surface area (Å²) in [6.07, 6.45) is 6.24. The number of H-pyrrole nitrogens is 2. The Morgan fingerprint density at radius 3 is 2.63 bits per heavy atom. The number of likely N-dealkylation sites (tertiary alicyclic amines) is 1. The molecule has 52 heavy (non-hydrogen) atoms. The SMILES string of the molecule is CNCC(=O)NCCCCc1nc2ccc(C#Cc3ccc(-c4cnc(C5CCCN5C(=O)C(NC(=O)OC)C5CCOCC5)[nH]4)c(F)c3)cc2[nH]1. The zero-order chi connectivity index (χ0) is 36.5. The van der Waals surface area contributed by atoms with Gasteiger partial charge < -0.3 is 40.3 Å². The van der Waals surface area contributed by atoms with E-state index in [0.29, 0.717) is 74.8 Å². The smallest absolute Gasteiger partial charge is 0.407 e. The van der Waals surface area contributed by atoms with E-state index in [1.807, 2.05) is 18.2 Å². The van der Waals surface area contributed by atoms with Crippen LogP contribution in [0.5, 0.6) is 0 Å². The van der Waals surface area contributed by atoms with Gasteiger partial charge >= 0.3 is 6.09 Å². The van der Waals surface area contributed by atoms with Crippen LogP contribution >= 0.6 is 0 Å². The summed E-state index contributed by atoms with van der Waals surface area (Å²) in [6, 6.07) is 9.51. The molecule has 2 fully saturated rings. The van der Waals surface area contributed by atoms with Crippen LogP contribution in [-0.4, -0.2) is 95.8 Å². The van der Waals surface area contributed by atoms with Crippen molar-refractivity contribution in [2.75, 3.05) is 47.0 Å². The monoisotopic (exact) mass is 712 g/mol. The number of likely N-dealkylation sites (N-methyl/N-ethyl adjacent to an activating group) is 1. The van der Waals surface area contributed by atoms with Crippen LogP contribution in [0.2, 0.25) is 0 Å². The molecule has 0 bridgehead atoms.